The number of guanidine groups is 1. The molecule has 1 atom stereocenters. The van der Waals surface area contributed by atoms with Gasteiger partial charge in [-0.15, -0.1) is 24.0 Å². The van der Waals surface area contributed by atoms with Crippen LogP contribution in [0, 0.1) is 0 Å². The lowest BCUT2D eigenvalue weighted by molar-refractivity contribution is -0.137. The standard InChI is InChI=1S/C20H27F3N4O.HI/c1-24-19(26-17-4-2-3-5-17)25-14-18(27-10-12-28-13-11-27)15-6-8-16(9-7-15)20(21,22)23;/h2-3,6-9,17-18H,4-5,10-14H2,1H3,(H2,24,25,26);1H. The number of alkyl halides is 3. The minimum Gasteiger partial charge on any atom is -0.379 e. The van der Waals surface area contributed by atoms with Gasteiger partial charge in [-0.05, 0) is 30.5 Å². The monoisotopic (exact) mass is 524 g/mol. The Morgan fingerprint density at radius 2 is 1.79 bits per heavy atom. The third-order valence-electron chi connectivity index (χ3n) is 5.14. The Hall–Kier alpha value is -1.33. The first-order chi connectivity index (χ1) is 13.5. The number of nitrogens with zero attached hydrogens (tertiary/aromatic N) is 2. The van der Waals surface area contributed by atoms with Crippen molar-refractivity contribution in [2.75, 3.05) is 39.9 Å². The van der Waals surface area contributed by atoms with Gasteiger partial charge in [0, 0.05) is 32.7 Å². The zero-order chi connectivity index (χ0) is 20.0. The molecule has 29 heavy (non-hydrogen) atoms. The second-order valence-electron chi connectivity index (χ2n) is 7.02. The summed E-state index contributed by atoms with van der Waals surface area (Å²) in [6, 6.07) is 5.72. The second-order valence-corrected chi connectivity index (χ2v) is 7.02. The number of aliphatic imine (C=N–C) groups is 1. The normalized spacial score (nSPS) is 19.7. The van der Waals surface area contributed by atoms with Crippen molar-refractivity contribution < 1.29 is 17.9 Å². The first kappa shape index (κ1) is 23.9. The van der Waals surface area contributed by atoms with Crippen molar-refractivity contribution in [2.45, 2.75) is 31.1 Å². The number of morpholine rings is 1. The van der Waals surface area contributed by atoms with Crippen molar-refractivity contribution in [3.63, 3.8) is 0 Å². The lowest BCUT2D eigenvalue weighted by Crippen LogP contribution is -2.48. The first-order valence-corrected chi connectivity index (χ1v) is 9.58. The molecule has 1 unspecified atom stereocenters. The Balaban J connectivity index is 0.00000300. The van der Waals surface area contributed by atoms with E-state index in [0.717, 1.165) is 43.6 Å². The van der Waals surface area contributed by atoms with Gasteiger partial charge >= 0.3 is 6.18 Å². The van der Waals surface area contributed by atoms with E-state index in [1.165, 1.54) is 0 Å². The molecule has 2 N–H and O–H groups in total. The summed E-state index contributed by atoms with van der Waals surface area (Å²) >= 11 is 0. The maximum absolute atomic E-state index is 12.9. The predicted molar refractivity (Wildman–Crippen MR) is 119 cm³/mol. The molecule has 0 amide bonds. The number of hydrogen-bond acceptors (Lipinski definition) is 3. The molecule has 5 nitrogen and oxygen atoms in total. The van der Waals surface area contributed by atoms with Crippen LogP contribution in [0.25, 0.3) is 0 Å². The van der Waals surface area contributed by atoms with Crippen LogP contribution in [0.4, 0.5) is 13.2 Å². The zero-order valence-electron chi connectivity index (χ0n) is 16.4. The van der Waals surface area contributed by atoms with Crippen LogP contribution in [0.5, 0.6) is 0 Å². The van der Waals surface area contributed by atoms with Crippen molar-refractivity contribution in [3.8, 4) is 0 Å². The Labute approximate surface area is 186 Å². The van der Waals surface area contributed by atoms with Crippen LogP contribution in [0.1, 0.15) is 30.0 Å². The number of ether oxygens (including phenoxy) is 1. The number of halogens is 4. The molecule has 1 aliphatic carbocycles. The van der Waals surface area contributed by atoms with Gasteiger partial charge in [-0.3, -0.25) is 9.89 Å². The molecule has 2 aliphatic rings. The van der Waals surface area contributed by atoms with Crippen LogP contribution in [0.2, 0.25) is 0 Å². The third-order valence-corrected chi connectivity index (χ3v) is 5.14. The van der Waals surface area contributed by atoms with Gasteiger partial charge in [0.05, 0.1) is 24.8 Å². The van der Waals surface area contributed by atoms with Crippen LogP contribution in [0.15, 0.2) is 41.4 Å². The van der Waals surface area contributed by atoms with Gasteiger partial charge in [0.15, 0.2) is 5.96 Å². The molecule has 9 heteroatoms. The molecule has 0 radical (unpaired) electrons. The zero-order valence-corrected chi connectivity index (χ0v) is 18.7. The second kappa shape index (κ2) is 11.2. The summed E-state index contributed by atoms with van der Waals surface area (Å²) < 4.78 is 44.1. The van der Waals surface area contributed by atoms with Gasteiger partial charge < -0.3 is 15.4 Å². The van der Waals surface area contributed by atoms with Gasteiger partial charge in [0.1, 0.15) is 0 Å². The lowest BCUT2D eigenvalue weighted by atomic mass is 10.0. The Kier molecular flexibility index (Phi) is 9.22. The molecule has 1 aromatic rings. The number of rotatable bonds is 5. The highest BCUT2D eigenvalue weighted by molar-refractivity contribution is 14.0. The molecule has 0 spiro atoms. The van der Waals surface area contributed by atoms with Crippen LogP contribution >= 0.6 is 24.0 Å². The van der Waals surface area contributed by atoms with E-state index in [4.69, 9.17) is 4.74 Å². The molecular weight excluding hydrogens is 496 g/mol. The van der Waals surface area contributed by atoms with Gasteiger partial charge in [-0.25, -0.2) is 0 Å². The van der Waals surface area contributed by atoms with Crippen LogP contribution in [-0.2, 0) is 10.9 Å². The Morgan fingerprint density at radius 3 is 2.34 bits per heavy atom. The molecule has 3 rings (SSSR count). The third kappa shape index (κ3) is 6.85. The fraction of sp³-hybridized carbons (Fsp3) is 0.550. The smallest absolute Gasteiger partial charge is 0.379 e. The minimum atomic E-state index is -4.33. The molecule has 0 saturated carbocycles. The van der Waals surface area contributed by atoms with Gasteiger partial charge in [0.25, 0.3) is 0 Å². The summed E-state index contributed by atoms with van der Waals surface area (Å²) in [7, 11) is 1.72. The first-order valence-electron chi connectivity index (χ1n) is 9.58. The molecule has 1 saturated heterocycles. The lowest BCUT2D eigenvalue weighted by Gasteiger charge is -2.35. The van der Waals surface area contributed by atoms with Crippen molar-refractivity contribution >= 4 is 29.9 Å². The van der Waals surface area contributed by atoms with E-state index in [1.54, 1.807) is 19.2 Å². The van der Waals surface area contributed by atoms with Crippen LogP contribution in [0.3, 0.4) is 0 Å². The van der Waals surface area contributed by atoms with Crippen molar-refractivity contribution in [2.24, 2.45) is 4.99 Å². The number of hydrogen-bond donors (Lipinski definition) is 2. The molecule has 1 heterocycles. The van der Waals surface area contributed by atoms with Gasteiger partial charge in [-0.2, -0.15) is 13.2 Å². The molecule has 1 fully saturated rings. The quantitative estimate of drug-likeness (QED) is 0.268. The molecule has 162 valence electrons. The van der Waals surface area contributed by atoms with Crippen LogP contribution in [-0.4, -0.2) is 56.8 Å². The van der Waals surface area contributed by atoms with Gasteiger partial charge in [-0.1, -0.05) is 24.3 Å². The maximum atomic E-state index is 12.9. The molecule has 0 bridgehead atoms. The Bertz CT molecular complexity index is 680. The fourth-order valence-corrected chi connectivity index (χ4v) is 3.56. The Morgan fingerprint density at radius 1 is 1.17 bits per heavy atom. The SMILES string of the molecule is CN=C(NCC(c1ccc(C(F)(F)F)cc1)N1CCOCC1)NC1CC=CC1.I. The summed E-state index contributed by atoms with van der Waals surface area (Å²) in [5.41, 5.74) is 0.219. The summed E-state index contributed by atoms with van der Waals surface area (Å²) in [4.78, 5) is 6.52. The van der Waals surface area contributed by atoms with E-state index in [0.29, 0.717) is 31.8 Å². The largest absolute Gasteiger partial charge is 0.416 e. The predicted octanol–water partition coefficient (Wildman–Crippen LogP) is 3.58. The number of nitrogens with one attached hydrogen (secondary N) is 2. The average Bonchev–Trinajstić information content (AvgIpc) is 3.21. The van der Waals surface area contributed by atoms with E-state index >= 15 is 0 Å². The van der Waals surface area contributed by atoms with E-state index in [9.17, 15) is 13.2 Å². The van der Waals surface area contributed by atoms with E-state index in [-0.39, 0.29) is 30.0 Å². The fourth-order valence-electron chi connectivity index (χ4n) is 3.56. The summed E-state index contributed by atoms with van der Waals surface area (Å²) in [5, 5.41) is 6.73. The molecular formula is C20H28F3IN4O. The summed E-state index contributed by atoms with van der Waals surface area (Å²) in [6.45, 7) is 3.28. The summed E-state index contributed by atoms with van der Waals surface area (Å²) in [6.07, 6.45) is 1.89. The van der Waals surface area contributed by atoms with Crippen molar-refractivity contribution in [1.82, 2.24) is 15.5 Å². The molecule has 0 aromatic heterocycles. The highest BCUT2D eigenvalue weighted by atomic mass is 127. The average molecular weight is 524 g/mol. The highest BCUT2D eigenvalue weighted by Gasteiger charge is 2.31. The highest BCUT2D eigenvalue weighted by Crippen LogP contribution is 2.31. The topological polar surface area (TPSA) is 48.9 Å². The number of benzene rings is 1. The van der Waals surface area contributed by atoms with E-state index in [2.05, 4.69) is 32.7 Å². The summed E-state index contributed by atoms with van der Waals surface area (Å²) in [5.74, 6) is 0.707. The van der Waals surface area contributed by atoms with E-state index < -0.39 is 11.7 Å². The van der Waals surface area contributed by atoms with Crippen molar-refractivity contribution in [3.05, 3.63) is 47.5 Å². The maximum Gasteiger partial charge on any atom is 0.416 e. The van der Waals surface area contributed by atoms with Crippen molar-refractivity contribution in [1.29, 1.82) is 0 Å². The van der Waals surface area contributed by atoms with Gasteiger partial charge in [0.2, 0.25) is 0 Å². The minimum absolute atomic E-state index is 0. The molecule has 1 aliphatic heterocycles. The van der Waals surface area contributed by atoms with E-state index in [1.807, 2.05) is 0 Å². The van der Waals surface area contributed by atoms with Crippen LogP contribution < -0.4 is 10.6 Å². The molecule has 1 aromatic carbocycles.